The van der Waals surface area contributed by atoms with Crippen LogP contribution in [0.1, 0.15) is 5.69 Å². The molecule has 5 nitrogen and oxygen atoms in total. The minimum absolute atomic E-state index is 0.139. The molecule has 0 aliphatic rings. The average molecular weight is 261 g/mol. The lowest BCUT2D eigenvalue weighted by atomic mass is 10.3. The predicted octanol–water partition coefficient (Wildman–Crippen LogP) is 2.38. The first-order valence-corrected chi connectivity index (χ1v) is 5.73. The summed E-state index contributed by atoms with van der Waals surface area (Å²) in [5, 5.41) is 9.06. The summed E-state index contributed by atoms with van der Waals surface area (Å²) in [6.45, 7) is -0.139. The summed E-state index contributed by atoms with van der Waals surface area (Å²) < 4.78 is 16.3. The molecule has 0 fully saturated rings. The van der Waals surface area contributed by atoms with E-state index in [1.165, 1.54) is 0 Å². The lowest BCUT2D eigenvalue weighted by Crippen LogP contribution is -1.95. The molecule has 19 heavy (non-hydrogen) atoms. The van der Waals surface area contributed by atoms with E-state index in [9.17, 15) is 0 Å². The Morgan fingerprint density at radius 1 is 1.11 bits per heavy atom. The van der Waals surface area contributed by atoms with Gasteiger partial charge < -0.3 is 19.3 Å². The average Bonchev–Trinajstić information content (AvgIpc) is 2.47. The van der Waals surface area contributed by atoms with Gasteiger partial charge in [0.15, 0.2) is 11.5 Å². The molecule has 0 unspecified atom stereocenters. The van der Waals surface area contributed by atoms with Crippen molar-refractivity contribution in [3.8, 4) is 23.0 Å². The van der Waals surface area contributed by atoms with Crippen molar-refractivity contribution in [2.24, 2.45) is 0 Å². The molecule has 0 bridgehead atoms. The van der Waals surface area contributed by atoms with Crippen LogP contribution in [0.2, 0.25) is 0 Å². The summed E-state index contributed by atoms with van der Waals surface area (Å²) >= 11 is 0. The Kier molecular flexibility index (Phi) is 4.20. The molecule has 1 aromatic carbocycles. The van der Waals surface area contributed by atoms with Crippen LogP contribution in [0.5, 0.6) is 23.0 Å². The highest BCUT2D eigenvalue weighted by Gasteiger charge is 2.12. The van der Waals surface area contributed by atoms with Crippen LogP contribution in [0.25, 0.3) is 0 Å². The second-order valence-corrected chi connectivity index (χ2v) is 3.73. The van der Waals surface area contributed by atoms with Crippen molar-refractivity contribution in [2.45, 2.75) is 6.61 Å². The van der Waals surface area contributed by atoms with Crippen LogP contribution in [0, 0.1) is 0 Å². The summed E-state index contributed by atoms with van der Waals surface area (Å²) in [6.07, 6.45) is 1.57. The van der Waals surface area contributed by atoms with Gasteiger partial charge in [0.2, 0.25) is 5.75 Å². The van der Waals surface area contributed by atoms with E-state index in [0.717, 1.165) is 0 Å². The highest BCUT2D eigenvalue weighted by molar-refractivity contribution is 5.53. The third kappa shape index (κ3) is 2.95. The Labute approximate surface area is 111 Å². The van der Waals surface area contributed by atoms with Gasteiger partial charge in [0, 0.05) is 12.3 Å². The van der Waals surface area contributed by atoms with Gasteiger partial charge in [0.25, 0.3) is 0 Å². The molecular formula is C14H15NO4. The fourth-order valence-electron chi connectivity index (χ4n) is 1.64. The molecule has 0 saturated carbocycles. The molecule has 0 aliphatic carbocycles. The lowest BCUT2D eigenvalue weighted by molar-refractivity contribution is 0.276. The number of hydrogen-bond donors (Lipinski definition) is 1. The monoisotopic (exact) mass is 261 g/mol. The zero-order chi connectivity index (χ0) is 13.7. The normalized spacial score (nSPS) is 10.1. The van der Waals surface area contributed by atoms with Crippen molar-refractivity contribution >= 4 is 0 Å². The summed E-state index contributed by atoms with van der Waals surface area (Å²) in [7, 11) is 3.13. The molecule has 1 aromatic heterocycles. The summed E-state index contributed by atoms with van der Waals surface area (Å²) in [4.78, 5) is 3.99. The second-order valence-electron chi connectivity index (χ2n) is 3.73. The van der Waals surface area contributed by atoms with Gasteiger partial charge >= 0.3 is 0 Å². The zero-order valence-electron chi connectivity index (χ0n) is 10.8. The second kappa shape index (κ2) is 6.06. The number of aliphatic hydroxyl groups is 1. The van der Waals surface area contributed by atoms with E-state index in [0.29, 0.717) is 28.7 Å². The fourth-order valence-corrected chi connectivity index (χ4v) is 1.64. The van der Waals surface area contributed by atoms with E-state index in [1.807, 2.05) is 6.07 Å². The molecule has 1 heterocycles. The van der Waals surface area contributed by atoms with Crippen LogP contribution >= 0.6 is 0 Å². The molecule has 100 valence electrons. The van der Waals surface area contributed by atoms with Crippen molar-refractivity contribution < 1.29 is 19.3 Å². The van der Waals surface area contributed by atoms with Crippen LogP contribution in [0.3, 0.4) is 0 Å². The van der Waals surface area contributed by atoms with E-state index in [2.05, 4.69) is 4.98 Å². The summed E-state index contributed by atoms with van der Waals surface area (Å²) in [5.41, 5.74) is 0.534. The first-order valence-electron chi connectivity index (χ1n) is 5.73. The quantitative estimate of drug-likeness (QED) is 0.895. The minimum atomic E-state index is -0.139. The molecular weight excluding hydrogens is 246 g/mol. The SMILES string of the molecule is COc1cccc(OC)c1Oc1ccnc(CO)c1. The number of hydrogen-bond acceptors (Lipinski definition) is 5. The number of para-hydroxylation sites is 1. The Morgan fingerprint density at radius 3 is 2.37 bits per heavy atom. The molecule has 0 saturated heterocycles. The number of ether oxygens (including phenoxy) is 3. The molecule has 2 rings (SSSR count). The van der Waals surface area contributed by atoms with Crippen LogP contribution in [0.4, 0.5) is 0 Å². The smallest absolute Gasteiger partial charge is 0.210 e. The molecule has 0 atom stereocenters. The van der Waals surface area contributed by atoms with E-state index < -0.39 is 0 Å². The van der Waals surface area contributed by atoms with Gasteiger partial charge in [0.1, 0.15) is 5.75 Å². The highest BCUT2D eigenvalue weighted by Crippen LogP contribution is 2.39. The zero-order valence-corrected chi connectivity index (χ0v) is 10.8. The number of methoxy groups -OCH3 is 2. The molecule has 0 spiro atoms. The molecule has 0 aliphatic heterocycles. The Morgan fingerprint density at radius 2 is 1.79 bits per heavy atom. The highest BCUT2D eigenvalue weighted by atomic mass is 16.5. The van der Waals surface area contributed by atoms with Crippen LogP contribution in [-0.4, -0.2) is 24.3 Å². The van der Waals surface area contributed by atoms with Gasteiger partial charge in [0.05, 0.1) is 26.5 Å². The maximum atomic E-state index is 9.06. The van der Waals surface area contributed by atoms with Gasteiger partial charge in [-0.05, 0) is 18.2 Å². The van der Waals surface area contributed by atoms with Crippen molar-refractivity contribution in [1.29, 1.82) is 0 Å². The van der Waals surface area contributed by atoms with Crippen LogP contribution < -0.4 is 14.2 Å². The third-order valence-corrected chi connectivity index (χ3v) is 2.55. The molecule has 0 radical (unpaired) electrons. The van der Waals surface area contributed by atoms with E-state index in [1.54, 1.807) is 44.7 Å². The van der Waals surface area contributed by atoms with Crippen molar-refractivity contribution in [3.63, 3.8) is 0 Å². The molecule has 2 aromatic rings. The predicted molar refractivity (Wildman–Crippen MR) is 69.8 cm³/mol. The first kappa shape index (κ1) is 13.2. The topological polar surface area (TPSA) is 60.8 Å². The van der Waals surface area contributed by atoms with Crippen LogP contribution in [0.15, 0.2) is 36.5 Å². The third-order valence-electron chi connectivity index (χ3n) is 2.55. The number of pyridine rings is 1. The van der Waals surface area contributed by atoms with Gasteiger partial charge in [-0.1, -0.05) is 6.07 Å². The standard InChI is InChI=1S/C14H15NO4/c1-17-12-4-3-5-13(18-2)14(12)19-11-6-7-15-10(8-11)9-16/h3-8,16H,9H2,1-2H3. The van der Waals surface area contributed by atoms with Crippen molar-refractivity contribution in [3.05, 3.63) is 42.2 Å². The van der Waals surface area contributed by atoms with Gasteiger partial charge in [-0.25, -0.2) is 0 Å². The van der Waals surface area contributed by atoms with E-state index in [-0.39, 0.29) is 6.61 Å². The number of rotatable bonds is 5. The Balaban J connectivity index is 2.36. The number of aliphatic hydroxyl groups excluding tert-OH is 1. The van der Waals surface area contributed by atoms with E-state index >= 15 is 0 Å². The lowest BCUT2D eigenvalue weighted by Gasteiger charge is -2.13. The number of aromatic nitrogens is 1. The summed E-state index contributed by atoms with van der Waals surface area (Å²) in [5.74, 6) is 2.19. The summed E-state index contributed by atoms with van der Waals surface area (Å²) in [6, 6.07) is 8.74. The fraction of sp³-hybridized carbons (Fsp3) is 0.214. The molecule has 5 heteroatoms. The number of nitrogens with zero attached hydrogens (tertiary/aromatic N) is 1. The molecule has 1 N–H and O–H groups in total. The van der Waals surface area contributed by atoms with Crippen molar-refractivity contribution in [1.82, 2.24) is 4.98 Å². The Bertz CT molecular complexity index is 535. The minimum Gasteiger partial charge on any atom is -0.493 e. The Hall–Kier alpha value is -2.27. The molecule has 0 amide bonds. The van der Waals surface area contributed by atoms with E-state index in [4.69, 9.17) is 19.3 Å². The maximum absolute atomic E-state index is 9.06. The van der Waals surface area contributed by atoms with Gasteiger partial charge in [-0.3, -0.25) is 4.98 Å². The largest absolute Gasteiger partial charge is 0.493 e. The van der Waals surface area contributed by atoms with Gasteiger partial charge in [-0.15, -0.1) is 0 Å². The van der Waals surface area contributed by atoms with Crippen LogP contribution in [-0.2, 0) is 6.61 Å². The maximum Gasteiger partial charge on any atom is 0.210 e. The van der Waals surface area contributed by atoms with Crippen molar-refractivity contribution in [2.75, 3.05) is 14.2 Å². The number of benzene rings is 1. The first-order chi connectivity index (χ1) is 9.28. The van der Waals surface area contributed by atoms with Gasteiger partial charge in [-0.2, -0.15) is 0 Å².